The molecule has 0 saturated carbocycles. The number of hydrogen-bond donors (Lipinski definition) is 2. The molecule has 10 heteroatoms. The van der Waals surface area contributed by atoms with Crippen LogP contribution in [0.5, 0.6) is 5.88 Å². The second-order valence-corrected chi connectivity index (χ2v) is 9.27. The van der Waals surface area contributed by atoms with Crippen molar-refractivity contribution in [2.45, 2.75) is 19.4 Å². The van der Waals surface area contributed by atoms with Crippen LogP contribution in [-0.4, -0.2) is 81.8 Å². The lowest BCUT2D eigenvalue weighted by Gasteiger charge is -2.35. The number of allylic oxidation sites excluding steroid dienone is 1. The number of ether oxygens (including phenoxy) is 1. The van der Waals surface area contributed by atoms with Crippen LogP contribution in [0, 0.1) is 0 Å². The lowest BCUT2D eigenvalue weighted by molar-refractivity contribution is -0.121. The highest BCUT2D eigenvalue weighted by atomic mass is 16.5. The average molecular weight is 489 g/mol. The highest BCUT2D eigenvalue weighted by Crippen LogP contribution is 2.36. The second-order valence-electron chi connectivity index (χ2n) is 9.27. The van der Waals surface area contributed by atoms with Gasteiger partial charge in [0.05, 0.1) is 25.0 Å². The lowest BCUT2D eigenvalue weighted by Crippen LogP contribution is -2.51. The Morgan fingerprint density at radius 3 is 2.69 bits per heavy atom. The van der Waals surface area contributed by atoms with Crippen LogP contribution in [0.1, 0.15) is 23.7 Å². The van der Waals surface area contributed by atoms with Crippen molar-refractivity contribution in [2.24, 2.45) is 7.05 Å². The van der Waals surface area contributed by atoms with Gasteiger partial charge in [0.15, 0.2) is 0 Å². The third kappa shape index (κ3) is 4.82. The second kappa shape index (κ2) is 10.1. The number of nitrogens with one attached hydrogen (secondary N) is 2. The molecule has 1 aliphatic heterocycles. The number of nitrogens with zero attached hydrogens (tertiary/aromatic N) is 6. The molecule has 2 aliphatic rings. The van der Waals surface area contributed by atoms with Gasteiger partial charge in [-0.15, -0.1) is 5.10 Å². The third-order valence-electron chi connectivity index (χ3n) is 6.87. The van der Waals surface area contributed by atoms with Crippen LogP contribution in [0.4, 0.5) is 17.3 Å². The van der Waals surface area contributed by atoms with Crippen molar-refractivity contribution >= 4 is 28.8 Å². The smallest absolute Gasteiger partial charge is 0.256 e. The first kappa shape index (κ1) is 24.0. The Labute approximate surface area is 211 Å². The van der Waals surface area contributed by atoms with Crippen LogP contribution in [0.3, 0.4) is 0 Å². The summed E-state index contributed by atoms with van der Waals surface area (Å²) in [5, 5.41) is 10.6. The minimum absolute atomic E-state index is 0.0281. The molecule has 10 nitrogen and oxygen atoms in total. The number of rotatable bonds is 7. The number of carbonyl (C=O) groups excluding carboxylic acids is 1. The molecular weight excluding hydrogens is 456 g/mol. The summed E-state index contributed by atoms with van der Waals surface area (Å²) in [6.45, 7) is 5.75. The lowest BCUT2D eigenvalue weighted by atomic mass is 10.0. The Hall–Kier alpha value is -3.76. The molecule has 5 rings (SSSR count). The summed E-state index contributed by atoms with van der Waals surface area (Å²) in [7, 11) is 5.52. The summed E-state index contributed by atoms with van der Waals surface area (Å²) in [5.74, 6) is 0.960. The first-order valence-corrected chi connectivity index (χ1v) is 12.2. The topological polar surface area (TPSA) is 100 Å². The van der Waals surface area contributed by atoms with E-state index >= 15 is 0 Å². The van der Waals surface area contributed by atoms with Gasteiger partial charge in [-0.1, -0.05) is 18.2 Å². The summed E-state index contributed by atoms with van der Waals surface area (Å²) < 4.78 is 6.99. The van der Waals surface area contributed by atoms with Crippen LogP contribution in [0.15, 0.2) is 42.7 Å². The van der Waals surface area contributed by atoms with Crippen LogP contribution in [-0.2, 0) is 18.3 Å². The Bertz CT molecular complexity index is 1290. The number of piperazine rings is 1. The van der Waals surface area contributed by atoms with Gasteiger partial charge < -0.3 is 20.3 Å². The number of benzene rings is 1. The van der Waals surface area contributed by atoms with E-state index in [1.54, 1.807) is 18.0 Å². The van der Waals surface area contributed by atoms with Crippen molar-refractivity contribution in [1.82, 2.24) is 29.5 Å². The quantitative estimate of drug-likeness (QED) is 0.523. The molecule has 3 heterocycles. The van der Waals surface area contributed by atoms with Gasteiger partial charge in [0, 0.05) is 50.7 Å². The number of fused-ring (bicyclic) bond motifs is 1. The van der Waals surface area contributed by atoms with E-state index < -0.39 is 0 Å². The molecule has 1 saturated heterocycles. The predicted octanol–water partition coefficient (Wildman–Crippen LogP) is 2.52. The van der Waals surface area contributed by atoms with E-state index in [4.69, 9.17) is 9.72 Å². The highest BCUT2D eigenvalue weighted by molar-refractivity contribution is 5.97. The maximum Gasteiger partial charge on any atom is 0.256 e. The van der Waals surface area contributed by atoms with Crippen molar-refractivity contribution in [3.63, 3.8) is 0 Å². The molecule has 1 atom stereocenters. The number of anilines is 3. The molecule has 0 radical (unpaired) electrons. The molecule has 1 amide bonds. The first-order chi connectivity index (χ1) is 17.4. The molecule has 1 aliphatic carbocycles. The summed E-state index contributed by atoms with van der Waals surface area (Å²) in [6, 6.07) is 7.75. The number of carbonyl (C=O) groups is 1. The Kier molecular flexibility index (Phi) is 6.71. The van der Waals surface area contributed by atoms with Crippen molar-refractivity contribution in [3.05, 3.63) is 59.6 Å². The monoisotopic (exact) mass is 488 g/mol. The van der Waals surface area contributed by atoms with Gasteiger partial charge >= 0.3 is 0 Å². The Morgan fingerprint density at radius 2 is 1.92 bits per heavy atom. The normalized spacial score (nSPS) is 16.8. The molecule has 188 valence electrons. The minimum atomic E-state index is -0.177. The fraction of sp³-hybridized carbons (Fsp3) is 0.385. The molecule has 1 aromatic carbocycles. The number of aromatic nitrogens is 4. The van der Waals surface area contributed by atoms with E-state index in [9.17, 15) is 4.79 Å². The Morgan fingerprint density at radius 1 is 1.11 bits per heavy atom. The van der Waals surface area contributed by atoms with Gasteiger partial charge in [0.25, 0.3) is 5.88 Å². The fourth-order valence-electron chi connectivity index (χ4n) is 4.74. The molecule has 0 spiro atoms. The summed E-state index contributed by atoms with van der Waals surface area (Å²) in [5.41, 5.74) is 5.56. The van der Waals surface area contributed by atoms with Gasteiger partial charge in [0.1, 0.15) is 5.69 Å². The van der Waals surface area contributed by atoms with Crippen molar-refractivity contribution in [1.29, 1.82) is 0 Å². The molecule has 1 fully saturated rings. The average Bonchev–Trinajstić information content (AvgIpc) is 3.47. The fourth-order valence-corrected chi connectivity index (χ4v) is 4.74. The van der Waals surface area contributed by atoms with E-state index in [0.717, 1.165) is 60.7 Å². The van der Waals surface area contributed by atoms with Gasteiger partial charge in [-0.05, 0) is 43.7 Å². The zero-order chi connectivity index (χ0) is 25.2. The van der Waals surface area contributed by atoms with Gasteiger partial charge in [-0.25, -0.2) is 9.97 Å². The standard InChI is InChI=1S/C26H32N8O2/c1-17(34-14-12-32(2)13-15-34)24(35)28-21-7-5-6-18-19(21)8-9-20(18)22-10-11-27-26(29-22)30-23-16-33(3)31-25(23)36-4/h5-7,9-11,16-17H,8,12-15H2,1-4H3,(H,28,35)(H,27,29,30)/t17-/m1/s1. The number of amides is 1. The Balaban J connectivity index is 1.32. The van der Waals surface area contributed by atoms with E-state index in [1.165, 1.54) is 0 Å². The van der Waals surface area contributed by atoms with Crippen molar-refractivity contribution in [2.75, 3.05) is 51.0 Å². The van der Waals surface area contributed by atoms with Crippen LogP contribution >= 0.6 is 0 Å². The largest absolute Gasteiger partial charge is 0.478 e. The van der Waals surface area contributed by atoms with Gasteiger partial charge in [-0.2, -0.15) is 0 Å². The van der Waals surface area contributed by atoms with E-state index in [1.807, 2.05) is 38.4 Å². The first-order valence-electron chi connectivity index (χ1n) is 12.2. The van der Waals surface area contributed by atoms with Crippen LogP contribution in [0.25, 0.3) is 5.57 Å². The number of hydrogen-bond acceptors (Lipinski definition) is 8. The third-order valence-corrected chi connectivity index (χ3v) is 6.87. The minimum Gasteiger partial charge on any atom is -0.478 e. The summed E-state index contributed by atoms with van der Waals surface area (Å²) in [4.78, 5) is 26.7. The van der Waals surface area contributed by atoms with Crippen LogP contribution in [0.2, 0.25) is 0 Å². The molecule has 36 heavy (non-hydrogen) atoms. The number of aryl methyl sites for hydroxylation is 1. The number of methoxy groups -OCH3 is 1. The zero-order valence-electron chi connectivity index (χ0n) is 21.2. The summed E-state index contributed by atoms with van der Waals surface area (Å²) >= 11 is 0. The predicted molar refractivity (Wildman–Crippen MR) is 139 cm³/mol. The molecule has 0 unspecified atom stereocenters. The van der Waals surface area contributed by atoms with E-state index in [0.29, 0.717) is 17.5 Å². The molecule has 0 bridgehead atoms. The maximum atomic E-state index is 13.1. The molecule has 3 aromatic rings. The number of likely N-dealkylation sites (N-methyl/N-ethyl adjacent to an activating group) is 1. The van der Waals surface area contributed by atoms with Gasteiger partial charge in [-0.3, -0.25) is 14.4 Å². The zero-order valence-corrected chi connectivity index (χ0v) is 21.2. The maximum absolute atomic E-state index is 13.1. The summed E-state index contributed by atoms with van der Waals surface area (Å²) in [6.07, 6.45) is 6.43. The van der Waals surface area contributed by atoms with Gasteiger partial charge in [0.2, 0.25) is 11.9 Å². The SMILES string of the molecule is COc1nn(C)cc1Nc1nccc(C2=CCc3c(NC(=O)[C@@H](C)N4CCN(C)CC4)cccc32)n1. The van der Waals surface area contributed by atoms with Crippen molar-refractivity contribution < 1.29 is 9.53 Å². The molecule has 2 aromatic heterocycles. The molecular formula is C26H32N8O2. The molecule has 2 N–H and O–H groups in total. The van der Waals surface area contributed by atoms with Crippen molar-refractivity contribution in [3.8, 4) is 5.88 Å². The van der Waals surface area contributed by atoms with E-state index in [-0.39, 0.29) is 11.9 Å². The van der Waals surface area contributed by atoms with Crippen LogP contribution < -0.4 is 15.4 Å². The van der Waals surface area contributed by atoms with E-state index in [2.05, 4.69) is 49.7 Å². The highest BCUT2D eigenvalue weighted by Gasteiger charge is 2.26.